The van der Waals surface area contributed by atoms with Crippen LogP contribution in [0, 0.1) is 11.7 Å². The monoisotopic (exact) mass is 319 g/mol. The summed E-state index contributed by atoms with van der Waals surface area (Å²) in [6.45, 7) is 2.69. The lowest BCUT2D eigenvalue weighted by Gasteiger charge is -2.37. The van der Waals surface area contributed by atoms with Gasteiger partial charge in [0, 0.05) is 38.6 Å². The molecule has 126 valence electrons. The first-order chi connectivity index (χ1) is 11.1. The number of piperazine rings is 1. The van der Waals surface area contributed by atoms with Crippen LogP contribution in [0.25, 0.3) is 0 Å². The predicted molar refractivity (Wildman–Crippen MR) is 89.7 cm³/mol. The highest BCUT2D eigenvalue weighted by atomic mass is 19.1. The van der Waals surface area contributed by atoms with E-state index in [9.17, 15) is 9.18 Å². The molecule has 1 aromatic carbocycles. The van der Waals surface area contributed by atoms with Gasteiger partial charge in [-0.1, -0.05) is 25.0 Å². The lowest BCUT2D eigenvalue weighted by Crippen LogP contribution is -2.50. The van der Waals surface area contributed by atoms with Crippen LogP contribution in [0.2, 0.25) is 0 Å². The van der Waals surface area contributed by atoms with E-state index in [1.54, 1.807) is 12.1 Å². The van der Waals surface area contributed by atoms with E-state index in [0.29, 0.717) is 44.2 Å². The molecule has 2 atom stereocenters. The number of nitrogens with two attached hydrogens (primary N) is 1. The molecular formula is C18H26FN3O. The Morgan fingerprint density at radius 3 is 2.52 bits per heavy atom. The van der Waals surface area contributed by atoms with Crippen molar-refractivity contribution in [3.8, 4) is 0 Å². The van der Waals surface area contributed by atoms with Crippen LogP contribution in [0.5, 0.6) is 0 Å². The molecule has 5 heteroatoms. The Labute approximate surface area is 137 Å². The summed E-state index contributed by atoms with van der Waals surface area (Å²) in [7, 11) is 0. The third kappa shape index (κ3) is 3.83. The molecule has 1 saturated carbocycles. The Kier molecular flexibility index (Phi) is 5.16. The molecule has 1 aromatic rings. The number of rotatable bonds is 3. The van der Waals surface area contributed by atoms with Gasteiger partial charge in [-0.25, -0.2) is 4.39 Å². The van der Waals surface area contributed by atoms with Crippen molar-refractivity contribution < 1.29 is 9.18 Å². The molecule has 0 aromatic heterocycles. The molecular weight excluding hydrogens is 293 g/mol. The second-order valence-electron chi connectivity index (χ2n) is 6.73. The van der Waals surface area contributed by atoms with Crippen LogP contribution in [-0.4, -0.2) is 43.0 Å². The van der Waals surface area contributed by atoms with Gasteiger partial charge >= 0.3 is 0 Å². The third-order valence-electron chi connectivity index (χ3n) is 5.23. The Morgan fingerprint density at radius 1 is 1.13 bits per heavy atom. The zero-order valence-corrected chi connectivity index (χ0v) is 13.6. The summed E-state index contributed by atoms with van der Waals surface area (Å²) in [6, 6.07) is 7.00. The number of hydrogen-bond acceptors (Lipinski definition) is 3. The van der Waals surface area contributed by atoms with Gasteiger partial charge in [0.05, 0.1) is 5.69 Å². The fraction of sp³-hybridized carbons (Fsp3) is 0.611. The molecule has 2 unspecified atom stereocenters. The summed E-state index contributed by atoms with van der Waals surface area (Å²) in [5, 5.41) is 0. The summed E-state index contributed by atoms with van der Waals surface area (Å²) >= 11 is 0. The Hall–Kier alpha value is -1.62. The van der Waals surface area contributed by atoms with E-state index >= 15 is 0 Å². The second-order valence-corrected chi connectivity index (χ2v) is 6.73. The average Bonchev–Trinajstić information content (AvgIpc) is 2.57. The molecule has 4 nitrogen and oxygen atoms in total. The molecule has 1 saturated heterocycles. The van der Waals surface area contributed by atoms with E-state index < -0.39 is 0 Å². The molecule has 2 N–H and O–H groups in total. The van der Waals surface area contributed by atoms with Crippen LogP contribution in [0.3, 0.4) is 0 Å². The van der Waals surface area contributed by atoms with Crippen molar-refractivity contribution in [2.45, 2.75) is 38.1 Å². The topological polar surface area (TPSA) is 49.6 Å². The molecule has 1 heterocycles. The minimum atomic E-state index is -0.194. The number of para-hydroxylation sites is 1. The third-order valence-corrected chi connectivity index (χ3v) is 5.23. The smallest absolute Gasteiger partial charge is 0.223 e. The fourth-order valence-corrected chi connectivity index (χ4v) is 3.75. The van der Waals surface area contributed by atoms with Gasteiger partial charge in [0.25, 0.3) is 0 Å². The van der Waals surface area contributed by atoms with Crippen LogP contribution in [-0.2, 0) is 4.79 Å². The minimum absolute atomic E-state index is 0.174. The number of hydrogen-bond donors (Lipinski definition) is 1. The van der Waals surface area contributed by atoms with Gasteiger partial charge in [-0.15, -0.1) is 0 Å². The molecule has 0 spiro atoms. The molecule has 2 aliphatic rings. The van der Waals surface area contributed by atoms with E-state index in [4.69, 9.17) is 5.73 Å². The highest BCUT2D eigenvalue weighted by Crippen LogP contribution is 2.27. The number of carbonyl (C=O) groups is 1. The zero-order valence-electron chi connectivity index (χ0n) is 13.6. The van der Waals surface area contributed by atoms with Crippen molar-refractivity contribution in [1.82, 2.24) is 4.90 Å². The van der Waals surface area contributed by atoms with Crippen molar-refractivity contribution in [3.63, 3.8) is 0 Å². The highest BCUT2D eigenvalue weighted by molar-refractivity contribution is 5.77. The maximum absolute atomic E-state index is 13.8. The van der Waals surface area contributed by atoms with Crippen LogP contribution in [0.15, 0.2) is 24.3 Å². The summed E-state index contributed by atoms with van der Waals surface area (Å²) in [4.78, 5) is 16.4. The van der Waals surface area contributed by atoms with Gasteiger partial charge in [-0.2, -0.15) is 0 Å². The average molecular weight is 319 g/mol. The lowest BCUT2D eigenvalue weighted by molar-refractivity contribution is -0.132. The fourth-order valence-electron chi connectivity index (χ4n) is 3.75. The van der Waals surface area contributed by atoms with Gasteiger partial charge < -0.3 is 15.5 Å². The van der Waals surface area contributed by atoms with Crippen molar-refractivity contribution in [1.29, 1.82) is 0 Å². The highest BCUT2D eigenvalue weighted by Gasteiger charge is 2.28. The lowest BCUT2D eigenvalue weighted by atomic mass is 9.82. The Balaban J connectivity index is 1.52. The minimum Gasteiger partial charge on any atom is -0.366 e. The van der Waals surface area contributed by atoms with E-state index in [1.807, 2.05) is 15.9 Å². The summed E-state index contributed by atoms with van der Waals surface area (Å²) in [5.74, 6) is 0.349. The number of nitrogens with zero attached hydrogens (tertiary/aromatic N) is 2. The van der Waals surface area contributed by atoms with Crippen LogP contribution in [0.1, 0.15) is 32.1 Å². The van der Waals surface area contributed by atoms with E-state index in [2.05, 4.69) is 0 Å². The Morgan fingerprint density at radius 2 is 1.83 bits per heavy atom. The first kappa shape index (κ1) is 16.2. The van der Waals surface area contributed by atoms with Crippen LogP contribution in [0.4, 0.5) is 10.1 Å². The molecule has 3 rings (SSSR count). The zero-order chi connectivity index (χ0) is 16.2. The van der Waals surface area contributed by atoms with Gasteiger partial charge in [0.15, 0.2) is 0 Å². The number of carbonyl (C=O) groups excluding carboxylic acids is 1. The summed E-state index contributed by atoms with van der Waals surface area (Å²) in [6.07, 6.45) is 5.06. The number of amides is 1. The predicted octanol–water partition coefficient (Wildman–Crippen LogP) is 2.38. The molecule has 2 fully saturated rings. The van der Waals surface area contributed by atoms with Crippen molar-refractivity contribution in [3.05, 3.63) is 30.1 Å². The van der Waals surface area contributed by atoms with Crippen molar-refractivity contribution in [2.24, 2.45) is 11.7 Å². The first-order valence-corrected chi connectivity index (χ1v) is 8.68. The van der Waals surface area contributed by atoms with Crippen LogP contribution < -0.4 is 10.6 Å². The van der Waals surface area contributed by atoms with Gasteiger partial charge in [0.1, 0.15) is 5.82 Å². The van der Waals surface area contributed by atoms with Gasteiger partial charge in [0.2, 0.25) is 5.91 Å². The standard InChI is InChI=1S/C18H26FN3O/c19-15-6-2-4-8-17(15)21-9-11-22(12-10-21)18(23)13-14-5-1-3-7-16(14)20/h2,4,6,8,14,16H,1,3,5,7,9-13,20H2. The normalized spacial score (nSPS) is 25.5. The van der Waals surface area contributed by atoms with E-state index in [1.165, 1.54) is 18.9 Å². The molecule has 1 aliphatic heterocycles. The van der Waals surface area contributed by atoms with Gasteiger partial charge in [-0.05, 0) is 30.9 Å². The molecule has 0 bridgehead atoms. The maximum atomic E-state index is 13.8. The Bertz CT molecular complexity index is 543. The summed E-state index contributed by atoms with van der Waals surface area (Å²) in [5.41, 5.74) is 6.78. The van der Waals surface area contributed by atoms with Crippen molar-refractivity contribution >= 4 is 11.6 Å². The largest absolute Gasteiger partial charge is 0.366 e. The number of anilines is 1. The summed E-state index contributed by atoms with van der Waals surface area (Å²) < 4.78 is 13.8. The molecule has 23 heavy (non-hydrogen) atoms. The van der Waals surface area contributed by atoms with Crippen molar-refractivity contribution in [2.75, 3.05) is 31.1 Å². The molecule has 1 amide bonds. The molecule has 1 aliphatic carbocycles. The quantitative estimate of drug-likeness (QED) is 0.930. The second kappa shape index (κ2) is 7.30. The van der Waals surface area contributed by atoms with Gasteiger partial charge in [-0.3, -0.25) is 4.79 Å². The maximum Gasteiger partial charge on any atom is 0.223 e. The van der Waals surface area contributed by atoms with Crippen LogP contribution >= 0.6 is 0 Å². The first-order valence-electron chi connectivity index (χ1n) is 8.68. The number of halogens is 1. The number of benzene rings is 1. The SMILES string of the molecule is NC1CCCCC1CC(=O)N1CCN(c2ccccc2F)CC1. The molecule has 0 radical (unpaired) electrons. The van der Waals surface area contributed by atoms with E-state index in [0.717, 1.165) is 12.8 Å². The van der Waals surface area contributed by atoms with E-state index in [-0.39, 0.29) is 17.8 Å².